The number of hydrogen-bond donors (Lipinski definition) is 3. The Labute approximate surface area is 195 Å². The molecule has 0 bridgehead atoms. The van der Waals surface area contributed by atoms with E-state index in [1.165, 1.54) is 23.9 Å². The van der Waals surface area contributed by atoms with Gasteiger partial charge in [0.05, 0.1) is 10.6 Å². The molecule has 4 N–H and O–H groups in total. The molecule has 33 heavy (non-hydrogen) atoms. The normalized spacial score (nSPS) is 18.1. The first-order valence-corrected chi connectivity index (χ1v) is 12.9. The molecule has 2 aromatic carbocycles. The largest absolute Gasteiger partial charge is 0.477 e. The average molecular weight is 483 g/mol. The summed E-state index contributed by atoms with van der Waals surface area (Å²) < 4.78 is 25.2. The standard InChI is InChI=1S/C23H22N4O4S2/c24-33(30,31)17-10-6-14(7-11-17)12-18-20(15-4-2-1-3-5-15)26-27(21(18)16-8-9-16)23-25-19(13-32-23)22(28)29/h1-7,10-11,13,16,23,25H,8-9,12H2,(H,28,29)(H2,24,30,31). The zero-order chi connectivity index (χ0) is 23.2. The number of hydrogen-bond acceptors (Lipinski definition) is 6. The van der Waals surface area contributed by atoms with Crippen molar-refractivity contribution in [2.75, 3.05) is 0 Å². The zero-order valence-electron chi connectivity index (χ0n) is 17.5. The third-order valence-electron chi connectivity index (χ3n) is 5.74. The highest BCUT2D eigenvalue weighted by molar-refractivity contribution is 8.02. The highest BCUT2D eigenvalue weighted by Gasteiger charge is 2.36. The molecule has 1 unspecified atom stereocenters. The quantitative estimate of drug-likeness (QED) is 0.471. The van der Waals surface area contributed by atoms with Crippen LogP contribution in [0.2, 0.25) is 0 Å². The van der Waals surface area contributed by atoms with Gasteiger partial charge < -0.3 is 10.4 Å². The first-order chi connectivity index (χ1) is 15.8. The van der Waals surface area contributed by atoms with Crippen LogP contribution in [-0.2, 0) is 21.2 Å². The Bertz CT molecular complexity index is 1350. The minimum absolute atomic E-state index is 0.0754. The average Bonchev–Trinajstić information content (AvgIpc) is 3.37. The Kier molecular flexibility index (Phi) is 5.51. The number of aliphatic carboxylic acids is 1. The van der Waals surface area contributed by atoms with Crippen molar-refractivity contribution < 1.29 is 18.3 Å². The third kappa shape index (κ3) is 4.41. The Hall–Kier alpha value is -3.08. The lowest BCUT2D eigenvalue weighted by Crippen LogP contribution is -2.25. The van der Waals surface area contributed by atoms with E-state index in [4.69, 9.17) is 10.2 Å². The highest BCUT2D eigenvalue weighted by Crippen LogP contribution is 2.47. The molecule has 3 aromatic rings. The summed E-state index contributed by atoms with van der Waals surface area (Å²) >= 11 is 1.39. The van der Waals surface area contributed by atoms with E-state index in [0.29, 0.717) is 12.3 Å². The van der Waals surface area contributed by atoms with Crippen LogP contribution < -0.4 is 10.5 Å². The summed E-state index contributed by atoms with van der Waals surface area (Å²) in [4.78, 5) is 11.5. The monoisotopic (exact) mass is 482 g/mol. The van der Waals surface area contributed by atoms with Crippen LogP contribution in [0, 0.1) is 0 Å². The van der Waals surface area contributed by atoms with Gasteiger partial charge in [0, 0.05) is 34.6 Å². The maximum atomic E-state index is 11.6. The van der Waals surface area contributed by atoms with E-state index in [-0.39, 0.29) is 16.1 Å². The second-order valence-corrected chi connectivity index (χ2v) is 10.6. The number of nitrogens with two attached hydrogens (primary N) is 1. The van der Waals surface area contributed by atoms with Crippen LogP contribution in [0.15, 0.2) is 70.6 Å². The fraction of sp³-hybridized carbons (Fsp3) is 0.217. The molecule has 1 atom stereocenters. The van der Waals surface area contributed by atoms with Crippen molar-refractivity contribution in [3.8, 4) is 11.3 Å². The Morgan fingerprint density at radius 1 is 1.15 bits per heavy atom. The summed E-state index contributed by atoms with van der Waals surface area (Å²) in [6.07, 6.45) is 2.67. The Balaban J connectivity index is 1.58. The van der Waals surface area contributed by atoms with E-state index < -0.39 is 16.0 Å². The molecule has 1 aromatic heterocycles. The number of sulfonamides is 1. The topological polar surface area (TPSA) is 127 Å². The molecular weight excluding hydrogens is 460 g/mol. The van der Waals surface area contributed by atoms with Crippen LogP contribution in [0.3, 0.4) is 0 Å². The number of nitrogens with one attached hydrogen (secondary N) is 1. The van der Waals surface area contributed by atoms with Gasteiger partial charge in [-0.1, -0.05) is 54.2 Å². The number of carboxylic acids is 1. The molecule has 2 aliphatic rings. The molecule has 10 heteroatoms. The van der Waals surface area contributed by atoms with Gasteiger partial charge >= 0.3 is 5.97 Å². The summed E-state index contributed by atoms with van der Waals surface area (Å²) in [5, 5.41) is 24.2. The molecule has 0 spiro atoms. The lowest BCUT2D eigenvalue weighted by atomic mass is 9.97. The van der Waals surface area contributed by atoms with Gasteiger partial charge in [-0.25, -0.2) is 23.0 Å². The van der Waals surface area contributed by atoms with Gasteiger partial charge in [0.2, 0.25) is 10.0 Å². The highest BCUT2D eigenvalue weighted by atomic mass is 32.2. The predicted octanol–water partition coefficient (Wildman–Crippen LogP) is 3.38. The van der Waals surface area contributed by atoms with Crippen LogP contribution in [0.5, 0.6) is 0 Å². The van der Waals surface area contributed by atoms with Crippen molar-refractivity contribution in [2.24, 2.45) is 5.14 Å². The Morgan fingerprint density at radius 2 is 1.85 bits per heavy atom. The van der Waals surface area contributed by atoms with Gasteiger partial charge in [-0.2, -0.15) is 5.10 Å². The first kappa shape index (κ1) is 21.7. The molecule has 1 fully saturated rings. The summed E-state index contributed by atoms with van der Waals surface area (Å²) in [5.74, 6) is -0.645. The second-order valence-electron chi connectivity index (χ2n) is 8.13. The van der Waals surface area contributed by atoms with Gasteiger partial charge in [0.25, 0.3) is 0 Å². The van der Waals surface area contributed by atoms with Crippen LogP contribution >= 0.6 is 11.8 Å². The third-order valence-corrected chi connectivity index (χ3v) is 7.62. The number of nitrogens with zero attached hydrogens (tertiary/aromatic N) is 2. The summed E-state index contributed by atoms with van der Waals surface area (Å²) in [6.45, 7) is 0. The van der Waals surface area contributed by atoms with Crippen molar-refractivity contribution in [2.45, 2.75) is 35.6 Å². The first-order valence-electron chi connectivity index (χ1n) is 10.4. The molecular formula is C23H22N4O4S2. The predicted molar refractivity (Wildman–Crippen MR) is 126 cm³/mol. The van der Waals surface area contributed by atoms with Crippen molar-refractivity contribution in [1.82, 2.24) is 15.1 Å². The molecule has 5 rings (SSSR count). The summed E-state index contributed by atoms with van der Waals surface area (Å²) in [5.41, 5.74) is 4.74. The molecule has 0 saturated heterocycles. The number of carboxylic acid groups (broad SMARTS) is 1. The van der Waals surface area contributed by atoms with Crippen LogP contribution in [0.25, 0.3) is 11.3 Å². The minimum Gasteiger partial charge on any atom is -0.477 e. The lowest BCUT2D eigenvalue weighted by Gasteiger charge is -2.16. The molecule has 0 radical (unpaired) electrons. The van der Waals surface area contributed by atoms with Crippen LogP contribution in [0.1, 0.15) is 41.1 Å². The van der Waals surface area contributed by atoms with Crippen molar-refractivity contribution in [3.05, 3.63) is 82.5 Å². The van der Waals surface area contributed by atoms with E-state index in [2.05, 4.69) is 5.32 Å². The van der Waals surface area contributed by atoms with Crippen LogP contribution in [0.4, 0.5) is 0 Å². The molecule has 8 nitrogen and oxygen atoms in total. The summed E-state index contributed by atoms with van der Waals surface area (Å²) in [6, 6.07) is 16.5. The number of benzene rings is 2. The van der Waals surface area contributed by atoms with E-state index in [1.807, 2.05) is 35.0 Å². The molecule has 1 aliphatic heterocycles. The smallest absolute Gasteiger partial charge is 0.352 e. The van der Waals surface area contributed by atoms with Crippen molar-refractivity contribution in [1.29, 1.82) is 0 Å². The fourth-order valence-electron chi connectivity index (χ4n) is 4.02. The number of carbonyl (C=O) groups is 1. The Morgan fingerprint density at radius 3 is 2.42 bits per heavy atom. The zero-order valence-corrected chi connectivity index (χ0v) is 19.1. The second kappa shape index (κ2) is 8.36. The van der Waals surface area contributed by atoms with Crippen LogP contribution in [-0.4, -0.2) is 29.3 Å². The molecule has 2 heterocycles. The number of aromatic nitrogens is 2. The molecule has 1 saturated carbocycles. The van der Waals surface area contributed by atoms with E-state index in [0.717, 1.165) is 40.9 Å². The van der Waals surface area contributed by atoms with Gasteiger partial charge in [0.15, 0.2) is 5.50 Å². The fourth-order valence-corrected chi connectivity index (χ4v) is 5.44. The SMILES string of the molecule is NS(=O)(=O)c1ccc(Cc2c(-c3ccccc3)nn(C3NC(C(=O)O)=CS3)c2C2CC2)cc1. The molecule has 0 amide bonds. The van der Waals surface area contributed by atoms with E-state index >= 15 is 0 Å². The lowest BCUT2D eigenvalue weighted by molar-refractivity contribution is -0.133. The number of primary sulfonamides is 1. The number of rotatable bonds is 7. The summed E-state index contributed by atoms with van der Waals surface area (Å²) in [7, 11) is -3.76. The van der Waals surface area contributed by atoms with Gasteiger partial charge in [-0.3, -0.25) is 0 Å². The number of thioether (sulfide) groups is 1. The van der Waals surface area contributed by atoms with Gasteiger partial charge in [0.1, 0.15) is 5.70 Å². The van der Waals surface area contributed by atoms with Gasteiger partial charge in [-0.05, 0) is 30.5 Å². The van der Waals surface area contributed by atoms with Crippen molar-refractivity contribution >= 4 is 27.8 Å². The molecule has 170 valence electrons. The van der Waals surface area contributed by atoms with Gasteiger partial charge in [-0.15, -0.1) is 0 Å². The van der Waals surface area contributed by atoms with E-state index in [9.17, 15) is 18.3 Å². The minimum atomic E-state index is -3.76. The van der Waals surface area contributed by atoms with E-state index in [1.54, 1.807) is 17.5 Å². The maximum absolute atomic E-state index is 11.6. The molecule has 1 aliphatic carbocycles. The maximum Gasteiger partial charge on any atom is 0.352 e. The van der Waals surface area contributed by atoms with Crippen molar-refractivity contribution in [3.63, 3.8) is 0 Å².